The summed E-state index contributed by atoms with van der Waals surface area (Å²) in [7, 11) is -3.86. The average Bonchev–Trinajstić information content (AvgIpc) is 3.37. The Morgan fingerprint density at radius 2 is 1.76 bits per heavy atom. The van der Waals surface area contributed by atoms with Gasteiger partial charge in [0, 0.05) is 22.2 Å². The van der Waals surface area contributed by atoms with Gasteiger partial charge >= 0.3 is 0 Å². The maximum absolute atomic E-state index is 12.7. The molecule has 2 heterocycles. The molecule has 0 saturated carbocycles. The molecule has 34 heavy (non-hydrogen) atoms. The van der Waals surface area contributed by atoms with Crippen molar-refractivity contribution in [2.45, 2.75) is 25.2 Å². The van der Waals surface area contributed by atoms with Crippen molar-refractivity contribution < 1.29 is 22.2 Å². The molecule has 2 aromatic heterocycles. The fourth-order valence-electron chi connectivity index (χ4n) is 3.79. The number of amides is 1. The van der Waals surface area contributed by atoms with E-state index < -0.39 is 10.0 Å². The summed E-state index contributed by atoms with van der Waals surface area (Å²) < 4.78 is 38.4. The standard InChI is InChI=1S/C25H21N3O5S/c1-15-16(2)27-33-25(15)28-34(30,31)20-10-8-19(9-11-20)26-23(29)13-18-14-32-22-12-7-17-5-3-4-6-21(17)24(18)22/h3-12,14,28H,13H2,1-2H3,(H,26,29). The molecule has 9 heteroatoms. The summed E-state index contributed by atoms with van der Waals surface area (Å²) in [6, 6.07) is 17.7. The highest BCUT2D eigenvalue weighted by atomic mass is 32.2. The summed E-state index contributed by atoms with van der Waals surface area (Å²) in [5.74, 6) is -0.160. The molecule has 0 atom stereocenters. The highest BCUT2D eigenvalue weighted by molar-refractivity contribution is 7.92. The van der Waals surface area contributed by atoms with Crippen LogP contribution in [0.1, 0.15) is 16.8 Å². The second-order valence-corrected chi connectivity index (χ2v) is 9.68. The number of furan rings is 1. The van der Waals surface area contributed by atoms with E-state index in [1.807, 2.05) is 36.4 Å². The quantitative estimate of drug-likeness (QED) is 0.350. The Kier molecular flexibility index (Phi) is 5.33. The molecule has 8 nitrogen and oxygen atoms in total. The van der Waals surface area contributed by atoms with Gasteiger partial charge in [0.1, 0.15) is 5.58 Å². The third-order valence-corrected chi connectivity index (χ3v) is 7.07. The molecule has 0 fully saturated rings. The number of carbonyl (C=O) groups excluding carboxylic acids is 1. The molecule has 0 unspecified atom stereocenters. The van der Waals surface area contributed by atoms with Gasteiger partial charge in [-0.2, -0.15) is 0 Å². The van der Waals surface area contributed by atoms with Crippen LogP contribution < -0.4 is 10.0 Å². The van der Waals surface area contributed by atoms with E-state index in [0.29, 0.717) is 16.9 Å². The zero-order valence-electron chi connectivity index (χ0n) is 18.5. The molecule has 5 rings (SSSR count). The molecule has 2 N–H and O–H groups in total. The highest BCUT2D eigenvalue weighted by Crippen LogP contribution is 2.30. The van der Waals surface area contributed by atoms with Crippen molar-refractivity contribution in [3.05, 3.63) is 83.7 Å². The zero-order chi connectivity index (χ0) is 23.9. The molecular weight excluding hydrogens is 454 g/mol. The lowest BCUT2D eigenvalue weighted by molar-refractivity contribution is -0.115. The van der Waals surface area contributed by atoms with Gasteiger partial charge in [-0.15, -0.1) is 0 Å². The van der Waals surface area contributed by atoms with Crippen LogP contribution in [0.3, 0.4) is 0 Å². The summed E-state index contributed by atoms with van der Waals surface area (Å²) in [5, 5.41) is 9.57. The molecule has 5 aromatic rings. The van der Waals surface area contributed by atoms with Gasteiger partial charge in [0.05, 0.1) is 23.3 Å². The number of aromatic nitrogens is 1. The van der Waals surface area contributed by atoms with Crippen LogP contribution in [-0.4, -0.2) is 19.5 Å². The summed E-state index contributed by atoms with van der Waals surface area (Å²) in [6.07, 6.45) is 1.72. The van der Waals surface area contributed by atoms with Crippen molar-refractivity contribution in [2.75, 3.05) is 10.0 Å². The lowest BCUT2D eigenvalue weighted by Crippen LogP contribution is -2.15. The normalized spacial score (nSPS) is 11.7. The first-order valence-electron chi connectivity index (χ1n) is 10.6. The van der Waals surface area contributed by atoms with Gasteiger partial charge in [0.25, 0.3) is 10.0 Å². The van der Waals surface area contributed by atoms with Gasteiger partial charge in [-0.3, -0.25) is 4.79 Å². The predicted molar refractivity (Wildman–Crippen MR) is 129 cm³/mol. The topological polar surface area (TPSA) is 114 Å². The van der Waals surface area contributed by atoms with Crippen LogP contribution in [0.2, 0.25) is 0 Å². The van der Waals surface area contributed by atoms with Crippen LogP contribution in [0.15, 0.2) is 80.8 Å². The number of hydrogen-bond acceptors (Lipinski definition) is 6. The minimum Gasteiger partial charge on any atom is -0.464 e. The smallest absolute Gasteiger partial charge is 0.264 e. The summed E-state index contributed by atoms with van der Waals surface area (Å²) >= 11 is 0. The van der Waals surface area contributed by atoms with Crippen LogP contribution in [0, 0.1) is 13.8 Å². The number of rotatable bonds is 6. The van der Waals surface area contributed by atoms with Crippen LogP contribution in [0.5, 0.6) is 0 Å². The molecule has 1 amide bonds. The Bertz CT molecular complexity index is 1630. The van der Waals surface area contributed by atoms with E-state index in [1.54, 1.807) is 20.1 Å². The molecule has 0 saturated heterocycles. The number of fused-ring (bicyclic) bond motifs is 3. The van der Waals surface area contributed by atoms with Gasteiger partial charge < -0.3 is 14.3 Å². The van der Waals surface area contributed by atoms with E-state index in [2.05, 4.69) is 15.2 Å². The van der Waals surface area contributed by atoms with Gasteiger partial charge in [-0.1, -0.05) is 35.5 Å². The van der Waals surface area contributed by atoms with E-state index in [4.69, 9.17) is 8.94 Å². The van der Waals surface area contributed by atoms with Crippen LogP contribution in [0.25, 0.3) is 21.7 Å². The SMILES string of the molecule is Cc1noc(NS(=O)(=O)c2ccc(NC(=O)Cc3coc4ccc5ccccc5c34)cc2)c1C. The molecule has 0 aliphatic heterocycles. The number of nitrogens with one attached hydrogen (secondary N) is 2. The lowest BCUT2D eigenvalue weighted by atomic mass is 10.0. The molecule has 0 radical (unpaired) electrons. The Morgan fingerprint density at radius 1 is 1.00 bits per heavy atom. The maximum atomic E-state index is 12.7. The van der Waals surface area contributed by atoms with Crippen molar-refractivity contribution in [3.8, 4) is 0 Å². The summed E-state index contributed by atoms with van der Waals surface area (Å²) in [6.45, 7) is 3.44. The predicted octanol–water partition coefficient (Wildman–Crippen LogP) is 5.17. The van der Waals surface area contributed by atoms with Gasteiger partial charge in [0.15, 0.2) is 0 Å². The van der Waals surface area contributed by atoms with Crippen LogP contribution >= 0.6 is 0 Å². The molecule has 0 spiro atoms. The monoisotopic (exact) mass is 475 g/mol. The van der Waals surface area contributed by atoms with E-state index in [-0.39, 0.29) is 23.1 Å². The summed E-state index contributed by atoms with van der Waals surface area (Å²) in [5.41, 5.74) is 3.21. The number of anilines is 2. The third-order valence-electron chi connectivity index (χ3n) is 5.72. The largest absolute Gasteiger partial charge is 0.464 e. The van der Waals surface area contributed by atoms with Gasteiger partial charge in [-0.05, 0) is 55.0 Å². The molecule has 3 aromatic carbocycles. The Balaban J connectivity index is 1.31. The van der Waals surface area contributed by atoms with Crippen molar-refractivity contribution in [1.29, 1.82) is 0 Å². The number of aryl methyl sites for hydroxylation is 1. The van der Waals surface area contributed by atoms with Crippen molar-refractivity contribution in [3.63, 3.8) is 0 Å². The minimum atomic E-state index is -3.86. The van der Waals surface area contributed by atoms with Crippen molar-refractivity contribution >= 4 is 49.2 Å². The zero-order valence-corrected chi connectivity index (χ0v) is 19.3. The Labute approximate surface area is 195 Å². The van der Waals surface area contributed by atoms with Gasteiger partial charge in [0.2, 0.25) is 11.8 Å². The molecule has 0 bridgehead atoms. The van der Waals surface area contributed by atoms with Crippen LogP contribution in [0.4, 0.5) is 11.6 Å². The minimum absolute atomic E-state index is 0.0336. The molecule has 172 valence electrons. The average molecular weight is 476 g/mol. The highest BCUT2D eigenvalue weighted by Gasteiger charge is 2.19. The fraction of sp³-hybridized carbons (Fsp3) is 0.120. The van der Waals surface area contributed by atoms with E-state index in [9.17, 15) is 13.2 Å². The third kappa shape index (κ3) is 4.01. The fourth-order valence-corrected chi connectivity index (χ4v) is 4.84. The Morgan fingerprint density at radius 3 is 2.50 bits per heavy atom. The molecular formula is C25H21N3O5S. The number of nitrogens with zero attached hydrogens (tertiary/aromatic N) is 1. The number of benzene rings is 3. The summed E-state index contributed by atoms with van der Waals surface area (Å²) in [4.78, 5) is 12.8. The number of carbonyl (C=O) groups is 1. The number of sulfonamides is 1. The van der Waals surface area contributed by atoms with Gasteiger partial charge in [-0.25, -0.2) is 13.1 Å². The Hall–Kier alpha value is -4.11. The molecule has 0 aliphatic rings. The second-order valence-electron chi connectivity index (χ2n) is 8.00. The lowest BCUT2D eigenvalue weighted by Gasteiger charge is -2.08. The van der Waals surface area contributed by atoms with E-state index in [1.165, 1.54) is 24.3 Å². The second kappa shape index (κ2) is 8.35. The first kappa shape index (κ1) is 21.7. The number of hydrogen-bond donors (Lipinski definition) is 2. The first-order valence-corrected chi connectivity index (χ1v) is 12.0. The van der Waals surface area contributed by atoms with Crippen molar-refractivity contribution in [1.82, 2.24) is 5.16 Å². The van der Waals surface area contributed by atoms with Crippen LogP contribution in [-0.2, 0) is 21.2 Å². The van der Waals surface area contributed by atoms with E-state index in [0.717, 1.165) is 27.3 Å². The molecule has 0 aliphatic carbocycles. The van der Waals surface area contributed by atoms with E-state index >= 15 is 0 Å². The van der Waals surface area contributed by atoms with Crippen molar-refractivity contribution in [2.24, 2.45) is 0 Å². The first-order chi connectivity index (χ1) is 16.3. The maximum Gasteiger partial charge on any atom is 0.264 e.